The van der Waals surface area contributed by atoms with Gasteiger partial charge in [-0.25, -0.2) is 9.37 Å². The first-order valence-corrected chi connectivity index (χ1v) is 7.27. The van der Waals surface area contributed by atoms with Crippen molar-refractivity contribution in [1.82, 2.24) is 9.97 Å². The highest BCUT2D eigenvalue weighted by molar-refractivity contribution is 6.01. The van der Waals surface area contributed by atoms with E-state index in [0.29, 0.717) is 17.3 Å². The minimum atomic E-state index is -0.294. The predicted octanol–water partition coefficient (Wildman–Crippen LogP) is 3.60. The van der Waals surface area contributed by atoms with E-state index in [1.165, 1.54) is 18.3 Å². The SMILES string of the molecule is Cc1cc(F)ccc1CCC(=O)c1ncc2cccnc2c1O. The lowest BCUT2D eigenvalue weighted by atomic mass is 10.0. The zero-order valence-corrected chi connectivity index (χ0v) is 12.6. The fourth-order valence-electron chi connectivity index (χ4n) is 2.54. The topological polar surface area (TPSA) is 63.1 Å². The number of ketones is 1. The molecule has 2 heterocycles. The summed E-state index contributed by atoms with van der Waals surface area (Å²) < 4.78 is 13.1. The van der Waals surface area contributed by atoms with Gasteiger partial charge in [-0.3, -0.25) is 9.78 Å². The molecule has 0 bridgehead atoms. The summed E-state index contributed by atoms with van der Waals surface area (Å²) in [6.45, 7) is 1.80. The normalized spacial score (nSPS) is 10.9. The lowest BCUT2D eigenvalue weighted by molar-refractivity contribution is 0.0975. The quantitative estimate of drug-likeness (QED) is 0.748. The Bertz CT molecular complexity index is 893. The number of Topliss-reactive ketones (excluding diaryl/α,β-unsaturated/α-hetero) is 1. The molecule has 0 fully saturated rings. The largest absolute Gasteiger partial charge is 0.504 e. The van der Waals surface area contributed by atoms with Gasteiger partial charge < -0.3 is 5.11 Å². The van der Waals surface area contributed by atoms with Gasteiger partial charge in [-0.05, 0) is 48.7 Å². The predicted molar refractivity (Wildman–Crippen MR) is 85.0 cm³/mol. The Morgan fingerprint density at radius 1 is 1.26 bits per heavy atom. The molecule has 0 saturated carbocycles. The Morgan fingerprint density at radius 3 is 2.87 bits per heavy atom. The molecule has 0 atom stereocenters. The summed E-state index contributed by atoms with van der Waals surface area (Å²) in [4.78, 5) is 20.5. The molecule has 0 unspecified atom stereocenters. The van der Waals surface area contributed by atoms with Crippen molar-refractivity contribution in [2.24, 2.45) is 0 Å². The molecule has 0 spiro atoms. The molecule has 0 aliphatic rings. The third-order valence-electron chi connectivity index (χ3n) is 3.81. The Kier molecular flexibility index (Phi) is 4.02. The van der Waals surface area contributed by atoms with Crippen LogP contribution in [0.1, 0.15) is 28.0 Å². The number of fused-ring (bicyclic) bond motifs is 1. The van der Waals surface area contributed by atoms with Gasteiger partial charge in [0.1, 0.15) is 17.0 Å². The number of carbonyl (C=O) groups excluding carboxylic acids is 1. The van der Waals surface area contributed by atoms with E-state index in [1.807, 2.05) is 0 Å². The smallest absolute Gasteiger partial charge is 0.185 e. The first-order chi connectivity index (χ1) is 11.1. The molecule has 3 aromatic rings. The average Bonchev–Trinajstić information content (AvgIpc) is 2.54. The second kappa shape index (κ2) is 6.12. The van der Waals surface area contributed by atoms with E-state index in [2.05, 4.69) is 9.97 Å². The number of carbonyl (C=O) groups is 1. The second-order valence-corrected chi connectivity index (χ2v) is 5.39. The zero-order valence-electron chi connectivity index (χ0n) is 12.6. The average molecular weight is 310 g/mol. The summed E-state index contributed by atoms with van der Waals surface area (Å²) in [7, 11) is 0. The van der Waals surface area contributed by atoms with Crippen molar-refractivity contribution in [1.29, 1.82) is 0 Å². The van der Waals surface area contributed by atoms with Crippen LogP contribution in [0.3, 0.4) is 0 Å². The van der Waals surface area contributed by atoms with Gasteiger partial charge >= 0.3 is 0 Å². The van der Waals surface area contributed by atoms with E-state index in [1.54, 1.807) is 31.3 Å². The van der Waals surface area contributed by atoms with E-state index in [0.717, 1.165) is 11.1 Å². The minimum Gasteiger partial charge on any atom is -0.504 e. The molecule has 1 N–H and O–H groups in total. The van der Waals surface area contributed by atoms with Crippen LogP contribution in [0.5, 0.6) is 5.75 Å². The first kappa shape index (κ1) is 15.1. The van der Waals surface area contributed by atoms with Gasteiger partial charge in [-0.2, -0.15) is 0 Å². The number of nitrogens with zero attached hydrogens (tertiary/aromatic N) is 2. The standard InChI is InChI=1S/C18H15FN2O2/c1-11-9-14(19)6-4-12(11)5-7-15(22)17-18(23)16-13(10-21-17)3-2-8-20-16/h2-4,6,8-10,23H,5,7H2,1H3. The number of hydrogen-bond acceptors (Lipinski definition) is 4. The maximum Gasteiger partial charge on any atom is 0.185 e. The van der Waals surface area contributed by atoms with Crippen LogP contribution in [0.2, 0.25) is 0 Å². The van der Waals surface area contributed by atoms with Crippen molar-refractivity contribution >= 4 is 16.7 Å². The molecular formula is C18H15FN2O2. The number of rotatable bonds is 4. The van der Waals surface area contributed by atoms with Crippen LogP contribution in [0.15, 0.2) is 42.7 Å². The Hall–Kier alpha value is -2.82. The molecule has 116 valence electrons. The summed E-state index contributed by atoms with van der Waals surface area (Å²) in [5.74, 6) is -0.750. The number of pyridine rings is 2. The number of aryl methyl sites for hydroxylation is 2. The Labute approximate surface area is 132 Å². The Morgan fingerprint density at radius 2 is 2.09 bits per heavy atom. The van der Waals surface area contributed by atoms with Crippen LogP contribution >= 0.6 is 0 Å². The Balaban J connectivity index is 1.82. The van der Waals surface area contributed by atoms with Gasteiger partial charge in [0.25, 0.3) is 0 Å². The van der Waals surface area contributed by atoms with Gasteiger partial charge in [-0.1, -0.05) is 6.07 Å². The van der Waals surface area contributed by atoms with Crippen molar-refractivity contribution in [3.05, 3.63) is 65.4 Å². The summed E-state index contributed by atoms with van der Waals surface area (Å²) >= 11 is 0. The molecule has 0 saturated heterocycles. The molecule has 1 aromatic carbocycles. The molecule has 2 aromatic heterocycles. The lowest BCUT2D eigenvalue weighted by Gasteiger charge is -2.07. The number of aromatic nitrogens is 2. The molecular weight excluding hydrogens is 295 g/mol. The third kappa shape index (κ3) is 3.04. The van der Waals surface area contributed by atoms with Gasteiger partial charge in [-0.15, -0.1) is 0 Å². The van der Waals surface area contributed by atoms with Crippen LogP contribution in [0.4, 0.5) is 4.39 Å². The highest BCUT2D eigenvalue weighted by Crippen LogP contribution is 2.26. The highest BCUT2D eigenvalue weighted by Gasteiger charge is 2.16. The molecule has 4 nitrogen and oxygen atoms in total. The minimum absolute atomic E-state index is 0.0240. The van der Waals surface area contributed by atoms with E-state index in [-0.39, 0.29) is 29.5 Å². The molecule has 0 amide bonds. The van der Waals surface area contributed by atoms with Crippen LogP contribution in [-0.4, -0.2) is 20.9 Å². The monoisotopic (exact) mass is 310 g/mol. The second-order valence-electron chi connectivity index (χ2n) is 5.39. The van der Waals surface area contributed by atoms with Crippen molar-refractivity contribution in [3.8, 4) is 5.75 Å². The number of hydrogen-bond donors (Lipinski definition) is 1. The van der Waals surface area contributed by atoms with Gasteiger partial charge in [0.2, 0.25) is 0 Å². The number of halogens is 1. The van der Waals surface area contributed by atoms with E-state index >= 15 is 0 Å². The maximum atomic E-state index is 13.1. The molecule has 0 aliphatic heterocycles. The molecule has 3 rings (SSSR count). The summed E-state index contributed by atoms with van der Waals surface area (Å²) in [6, 6.07) is 8.00. The van der Waals surface area contributed by atoms with Crippen molar-refractivity contribution in [3.63, 3.8) is 0 Å². The van der Waals surface area contributed by atoms with Gasteiger partial charge in [0.05, 0.1) is 0 Å². The van der Waals surface area contributed by atoms with Crippen LogP contribution in [-0.2, 0) is 6.42 Å². The fourth-order valence-corrected chi connectivity index (χ4v) is 2.54. The summed E-state index contributed by atoms with van der Waals surface area (Å²) in [5.41, 5.74) is 2.09. The molecule has 0 radical (unpaired) electrons. The van der Waals surface area contributed by atoms with Gasteiger partial charge in [0.15, 0.2) is 11.5 Å². The summed E-state index contributed by atoms with van der Waals surface area (Å²) in [6.07, 6.45) is 3.73. The van der Waals surface area contributed by atoms with E-state index in [9.17, 15) is 14.3 Å². The molecule has 0 aliphatic carbocycles. The fraction of sp³-hybridized carbons (Fsp3) is 0.167. The van der Waals surface area contributed by atoms with Crippen molar-refractivity contribution in [2.45, 2.75) is 19.8 Å². The van der Waals surface area contributed by atoms with Gasteiger partial charge in [0, 0.05) is 24.2 Å². The summed E-state index contributed by atoms with van der Waals surface area (Å²) in [5, 5.41) is 10.9. The molecule has 23 heavy (non-hydrogen) atoms. The van der Waals surface area contributed by atoms with Crippen LogP contribution in [0, 0.1) is 12.7 Å². The maximum absolute atomic E-state index is 13.1. The van der Waals surface area contributed by atoms with Crippen molar-refractivity contribution in [2.75, 3.05) is 0 Å². The lowest BCUT2D eigenvalue weighted by Crippen LogP contribution is -2.05. The van der Waals surface area contributed by atoms with Crippen LogP contribution < -0.4 is 0 Å². The number of benzene rings is 1. The number of aromatic hydroxyl groups is 1. The van der Waals surface area contributed by atoms with E-state index in [4.69, 9.17) is 0 Å². The first-order valence-electron chi connectivity index (χ1n) is 7.27. The van der Waals surface area contributed by atoms with Crippen molar-refractivity contribution < 1.29 is 14.3 Å². The highest BCUT2D eigenvalue weighted by atomic mass is 19.1. The molecule has 5 heteroatoms. The van der Waals surface area contributed by atoms with E-state index < -0.39 is 0 Å². The zero-order chi connectivity index (χ0) is 16.4. The third-order valence-corrected chi connectivity index (χ3v) is 3.81. The van der Waals surface area contributed by atoms with Crippen LogP contribution in [0.25, 0.3) is 10.9 Å².